The van der Waals surface area contributed by atoms with Gasteiger partial charge in [0.25, 0.3) is 0 Å². The van der Waals surface area contributed by atoms with Crippen molar-refractivity contribution in [2.75, 3.05) is 20.8 Å². The van der Waals surface area contributed by atoms with Gasteiger partial charge in [-0.1, -0.05) is 61.5 Å². The summed E-state index contributed by atoms with van der Waals surface area (Å²) in [5.74, 6) is -2.11. The highest BCUT2D eigenvalue weighted by molar-refractivity contribution is 5.83. The Hall–Kier alpha value is -2.66. The van der Waals surface area contributed by atoms with Crippen LogP contribution in [0.15, 0.2) is 54.6 Å². The van der Waals surface area contributed by atoms with Crippen LogP contribution >= 0.6 is 0 Å². The summed E-state index contributed by atoms with van der Waals surface area (Å²) in [6, 6.07) is 17.8. The Labute approximate surface area is 165 Å². The van der Waals surface area contributed by atoms with Gasteiger partial charge in [0.05, 0.1) is 32.8 Å². The fraction of sp³-hybridized carbons (Fsp3) is 0.391. The van der Waals surface area contributed by atoms with E-state index in [2.05, 4.69) is 19.1 Å². The van der Waals surface area contributed by atoms with Crippen molar-refractivity contribution in [2.24, 2.45) is 11.8 Å². The lowest BCUT2D eigenvalue weighted by Gasteiger charge is -2.36. The smallest absolute Gasteiger partial charge is 0.312 e. The second-order valence-electron chi connectivity index (χ2n) is 7.15. The molecule has 2 aromatic carbocycles. The number of carbonyl (C=O) groups is 2. The summed E-state index contributed by atoms with van der Waals surface area (Å²) in [5.41, 5.74) is 3.08. The molecule has 2 aromatic rings. The number of carbonyl (C=O) groups excluding carboxylic acids is 2. The number of methoxy groups -OCH3 is 2. The fourth-order valence-electron chi connectivity index (χ4n) is 3.89. The van der Waals surface area contributed by atoms with Gasteiger partial charge in [0.1, 0.15) is 5.92 Å². The zero-order valence-corrected chi connectivity index (χ0v) is 16.5. The molecule has 0 saturated carbocycles. The van der Waals surface area contributed by atoms with E-state index in [-0.39, 0.29) is 5.92 Å². The third-order valence-electron chi connectivity index (χ3n) is 5.43. The van der Waals surface area contributed by atoms with Crippen molar-refractivity contribution in [3.63, 3.8) is 0 Å². The third-order valence-corrected chi connectivity index (χ3v) is 5.43. The lowest BCUT2D eigenvalue weighted by Crippen LogP contribution is -2.42. The maximum Gasteiger partial charge on any atom is 0.312 e. The molecule has 0 radical (unpaired) electrons. The first kappa shape index (κ1) is 20.1. The summed E-state index contributed by atoms with van der Waals surface area (Å²) in [6.07, 6.45) is -0.135. The summed E-state index contributed by atoms with van der Waals surface area (Å²) in [6.45, 7) is 2.50. The molecule has 0 spiro atoms. The summed E-state index contributed by atoms with van der Waals surface area (Å²) in [5, 5.41) is 0. The molecule has 0 saturated heterocycles. The summed E-state index contributed by atoms with van der Waals surface area (Å²) < 4.78 is 16.3. The number of esters is 2. The van der Waals surface area contributed by atoms with Gasteiger partial charge < -0.3 is 14.2 Å². The van der Waals surface area contributed by atoms with Gasteiger partial charge in [-0.05, 0) is 23.1 Å². The van der Waals surface area contributed by atoms with E-state index in [1.165, 1.54) is 14.2 Å². The second kappa shape index (κ2) is 9.02. The van der Waals surface area contributed by atoms with Gasteiger partial charge in [-0.25, -0.2) is 0 Å². The molecule has 0 N–H and O–H groups in total. The van der Waals surface area contributed by atoms with Crippen molar-refractivity contribution in [1.29, 1.82) is 0 Å². The van der Waals surface area contributed by atoms with E-state index in [4.69, 9.17) is 14.2 Å². The van der Waals surface area contributed by atoms with Crippen LogP contribution in [0.4, 0.5) is 0 Å². The lowest BCUT2D eigenvalue weighted by atomic mass is 9.73. The summed E-state index contributed by atoms with van der Waals surface area (Å²) in [4.78, 5) is 25.0. The van der Waals surface area contributed by atoms with Crippen LogP contribution in [-0.4, -0.2) is 32.8 Å². The van der Waals surface area contributed by atoms with Gasteiger partial charge in [0.15, 0.2) is 0 Å². The molecule has 4 atom stereocenters. The number of fused-ring (bicyclic) bond motifs is 1. The Morgan fingerprint density at radius 1 is 0.964 bits per heavy atom. The maximum absolute atomic E-state index is 12.6. The van der Waals surface area contributed by atoms with Gasteiger partial charge in [0, 0.05) is 5.92 Å². The van der Waals surface area contributed by atoms with Crippen molar-refractivity contribution in [1.82, 2.24) is 0 Å². The zero-order chi connectivity index (χ0) is 20.1. The van der Waals surface area contributed by atoms with E-state index in [1.807, 2.05) is 42.5 Å². The van der Waals surface area contributed by atoms with Crippen LogP contribution in [0.2, 0.25) is 0 Å². The minimum atomic E-state index is -0.740. The van der Waals surface area contributed by atoms with Gasteiger partial charge in [0.2, 0.25) is 0 Å². The highest BCUT2D eigenvalue weighted by atomic mass is 16.5. The highest BCUT2D eigenvalue weighted by Crippen LogP contribution is 2.42. The number of benzene rings is 2. The number of hydrogen-bond donors (Lipinski definition) is 0. The van der Waals surface area contributed by atoms with E-state index in [1.54, 1.807) is 0 Å². The molecule has 1 aliphatic carbocycles. The molecule has 0 bridgehead atoms. The molecule has 1 aliphatic rings. The Kier molecular flexibility index (Phi) is 6.47. The standard InChI is InChI=1S/C23H26O5/c1-15(16-9-5-4-6-10-16)14-28-21-18-12-8-7-11-17(18)13-19(22(24)26-2)20(21)23(25)27-3/h4-12,15,19-21H,13-14H2,1-3H3. The minimum Gasteiger partial charge on any atom is -0.469 e. The average molecular weight is 382 g/mol. The molecule has 28 heavy (non-hydrogen) atoms. The molecule has 0 amide bonds. The molecule has 5 nitrogen and oxygen atoms in total. The summed E-state index contributed by atoms with van der Waals surface area (Å²) >= 11 is 0. The molecule has 0 heterocycles. The third kappa shape index (κ3) is 4.09. The topological polar surface area (TPSA) is 61.8 Å². The Morgan fingerprint density at radius 3 is 2.29 bits per heavy atom. The van der Waals surface area contributed by atoms with Crippen molar-refractivity contribution >= 4 is 11.9 Å². The van der Waals surface area contributed by atoms with Crippen molar-refractivity contribution in [2.45, 2.75) is 25.4 Å². The second-order valence-corrected chi connectivity index (χ2v) is 7.15. The van der Waals surface area contributed by atoms with E-state index < -0.39 is 29.9 Å². The molecule has 0 aromatic heterocycles. The predicted molar refractivity (Wildman–Crippen MR) is 105 cm³/mol. The quantitative estimate of drug-likeness (QED) is 0.713. The molecule has 4 unspecified atom stereocenters. The SMILES string of the molecule is COC(=O)C1Cc2ccccc2C(OCC(C)c2ccccc2)C1C(=O)OC. The normalized spacial score (nSPS) is 22.0. The Bertz CT molecular complexity index is 817. The first-order valence-corrected chi connectivity index (χ1v) is 9.46. The molecule has 0 fully saturated rings. The number of hydrogen-bond acceptors (Lipinski definition) is 5. The van der Waals surface area contributed by atoms with Crippen molar-refractivity contribution in [3.05, 3.63) is 71.3 Å². The minimum absolute atomic E-state index is 0.144. The Morgan fingerprint density at radius 2 is 1.61 bits per heavy atom. The summed E-state index contributed by atoms with van der Waals surface area (Å²) in [7, 11) is 2.67. The monoisotopic (exact) mass is 382 g/mol. The highest BCUT2D eigenvalue weighted by Gasteiger charge is 2.46. The first-order chi connectivity index (χ1) is 13.6. The lowest BCUT2D eigenvalue weighted by molar-refractivity contribution is -0.166. The van der Waals surface area contributed by atoms with E-state index in [9.17, 15) is 9.59 Å². The molecular weight excluding hydrogens is 356 g/mol. The van der Waals surface area contributed by atoms with Crippen LogP contribution in [0.3, 0.4) is 0 Å². The number of ether oxygens (including phenoxy) is 3. The molecular formula is C23H26O5. The van der Waals surface area contributed by atoms with Gasteiger partial charge in [-0.2, -0.15) is 0 Å². The zero-order valence-electron chi connectivity index (χ0n) is 16.5. The maximum atomic E-state index is 12.6. The van der Waals surface area contributed by atoms with Crippen LogP contribution in [0.5, 0.6) is 0 Å². The fourth-order valence-corrected chi connectivity index (χ4v) is 3.89. The van der Waals surface area contributed by atoms with Crippen molar-refractivity contribution < 1.29 is 23.8 Å². The van der Waals surface area contributed by atoms with E-state index in [0.717, 1.165) is 16.7 Å². The largest absolute Gasteiger partial charge is 0.469 e. The van der Waals surface area contributed by atoms with E-state index in [0.29, 0.717) is 13.0 Å². The van der Waals surface area contributed by atoms with Gasteiger partial charge in [-0.15, -0.1) is 0 Å². The molecule has 5 heteroatoms. The van der Waals surface area contributed by atoms with Gasteiger partial charge in [-0.3, -0.25) is 9.59 Å². The van der Waals surface area contributed by atoms with Crippen LogP contribution in [0.1, 0.15) is 35.6 Å². The average Bonchev–Trinajstić information content (AvgIpc) is 2.76. The van der Waals surface area contributed by atoms with Crippen LogP contribution in [0.25, 0.3) is 0 Å². The van der Waals surface area contributed by atoms with Crippen LogP contribution in [-0.2, 0) is 30.2 Å². The predicted octanol–water partition coefficient (Wildman–Crippen LogP) is 3.68. The van der Waals surface area contributed by atoms with Crippen LogP contribution in [0, 0.1) is 11.8 Å². The van der Waals surface area contributed by atoms with Gasteiger partial charge >= 0.3 is 11.9 Å². The Balaban J connectivity index is 1.91. The number of rotatable bonds is 6. The van der Waals surface area contributed by atoms with Crippen LogP contribution < -0.4 is 0 Å². The first-order valence-electron chi connectivity index (χ1n) is 9.46. The van der Waals surface area contributed by atoms with E-state index >= 15 is 0 Å². The van der Waals surface area contributed by atoms with Crippen molar-refractivity contribution in [3.8, 4) is 0 Å². The molecule has 0 aliphatic heterocycles. The molecule has 148 valence electrons. The molecule has 3 rings (SSSR count).